The number of tetrazole rings is 1. The van der Waals surface area contributed by atoms with Crippen LogP contribution in [0, 0.1) is 6.92 Å². The number of nitrogens with zero attached hydrogens (tertiary/aromatic N) is 7. The van der Waals surface area contributed by atoms with E-state index in [-0.39, 0.29) is 5.75 Å². The first-order valence-electron chi connectivity index (χ1n) is 10.00. The van der Waals surface area contributed by atoms with Gasteiger partial charge in [-0.1, -0.05) is 0 Å². The van der Waals surface area contributed by atoms with E-state index in [2.05, 4.69) is 42.9 Å². The standard InChI is InChI=1S/C20H24N8O/c1-12-22-26-28(25-12)15-5-6-17(19(29)11-15)18-7-8-20(24-23-18)27(2)16-9-13-3-4-14(10-16)21-13/h5-8,11,13-14,16,21,29H,3-4,9-10H2,1-2H3. The van der Waals surface area contributed by atoms with E-state index in [4.69, 9.17) is 0 Å². The number of rotatable bonds is 4. The molecule has 0 radical (unpaired) electrons. The van der Waals surface area contributed by atoms with Gasteiger partial charge in [-0.15, -0.1) is 25.2 Å². The van der Waals surface area contributed by atoms with Crippen LogP contribution in [0.1, 0.15) is 31.5 Å². The molecular formula is C20H24N8O. The number of phenols is 1. The number of aryl methyl sites for hydroxylation is 1. The van der Waals surface area contributed by atoms with E-state index in [0.29, 0.717) is 40.9 Å². The van der Waals surface area contributed by atoms with Gasteiger partial charge in [0.25, 0.3) is 0 Å². The van der Waals surface area contributed by atoms with Crippen LogP contribution < -0.4 is 10.2 Å². The molecule has 1 aromatic carbocycles. The zero-order valence-electron chi connectivity index (χ0n) is 16.5. The monoisotopic (exact) mass is 392 g/mol. The second-order valence-electron chi connectivity index (χ2n) is 7.98. The molecular weight excluding hydrogens is 368 g/mol. The number of phenolic OH excluding ortho intramolecular Hbond substituents is 1. The lowest BCUT2D eigenvalue weighted by atomic mass is 9.98. The Balaban J connectivity index is 1.34. The van der Waals surface area contributed by atoms with Gasteiger partial charge in [-0.25, -0.2) is 0 Å². The van der Waals surface area contributed by atoms with E-state index in [1.165, 1.54) is 17.6 Å². The topological polar surface area (TPSA) is 105 Å². The molecule has 0 aliphatic carbocycles. The van der Waals surface area contributed by atoms with E-state index in [0.717, 1.165) is 18.7 Å². The zero-order valence-corrected chi connectivity index (χ0v) is 16.5. The number of hydrogen-bond donors (Lipinski definition) is 2. The highest BCUT2D eigenvalue weighted by atomic mass is 16.3. The molecule has 9 heteroatoms. The summed E-state index contributed by atoms with van der Waals surface area (Å²) in [6.07, 6.45) is 4.85. The third-order valence-corrected chi connectivity index (χ3v) is 6.01. The van der Waals surface area contributed by atoms with Crippen LogP contribution in [-0.2, 0) is 0 Å². The lowest BCUT2D eigenvalue weighted by Crippen LogP contribution is -2.47. The second-order valence-corrected chi connectivity index (χ2v) is 7.98. The minimum absolute atomic E-state index is 0.0998. The Morgan fingerprint density at radius 1 is 1.07 bits per heavy atom. The van der Waals surface area contributed by atoms with Crippen LogP contribution in [0.5, 0.6) is 5.75 Å². The van der Waals surface area contributed by atoms with Crippen molar-refractivity contribution in [2.75, 3.05) is 11.9 Å². The zero-order chi connectivity index (χ0) is 20.0. The highest BCUT2D eigenvalue weighted by Crippen LogP contribution is 2.32. The molecule has 2 aliphatic heterocycles. The summed E-state index contributed by atoms with van der Waals surface area (Å²) in [5, 5.41) is 34.9. The van der Waals surface area contributed by atoms with Gasteiger partial charge in [0.2, 0.25) is 0 Å². The molecule has 150 valence electrons. The summed E-state index contributed by atoms with van der Waals surface area (Å²) < 4.78 is 0. The van der Waals surface area contributed by atoms with Crippen molar-refractivity contribution in [3.63, 3.8) is 0 Å². The molecule has 2 aliphatic rings. The maximum atomic E-state index is 10.5. The Kier molecular flexibility index (Phi) is 4.39. The number of anilines is 1. The minimum Gasteiger partial charge on any atom is -0.507 e. The molecule has 2 bridgehead atoms. The van der Waals surface area contributed by atoms with Crippen LogP contribution in [0.3, 0.4) is 0 Å². The Morgan fingerprint density at radius 2 is 1.86 bits per heavy atom. The van der Waals surface area contributed by atoms with Crippen molar-refractivity contribution >= 4 is 5.82 Å². The van der Waals surface area contributed by atoms with Crippen molar-refractivity contribution in [3.05, 3.63) is 36.2 Å². The molecule has 0 spiro atoms. The molecule has 3 aromatic rings. The molecule has 2 aromatic heterocycles. The van der Waals surface area contributed by atoms with Crippen molar-refractivity contribution < 1.29 is 5.11 Å². The quantitative estimate of drug-likeness (QED) is 0.693. The molecule has 2 N–H and O–H groups in total. The van der Waals surface area contributed by atoms with Crippen LogP contribution in [0.2, 0.25) is 0 Å². The molecule has 2 unspecified atom stereocenters. The maximum Gasteiger partial charge on any atom is 0.172 e. The fourth-order valence-corrected chi connectivity index (χ4v) is 4.44. The molecule has 4 heterocycles. The van der Waals surface area contributed by atoms with E-state index < -0.39 is 0 Å². The first-order valence-corrected chi connectivity index (χ1v) is 10.00. The predicted molar refractivity (Wildman–Crippen MR) is 108 cm³/mol. The molecule has 9 nitrogen and oxygen atoms in total. The Bertz CT molecular complexity index is 1010. The fraction of sp³-hybridized carbons (Fsp3) is 0.450. The summed E-state index contributed by atoms with van der Waals surface area (Å²) >= 11 is 0. The van der Waals surface area contributed by atoms with Gasteiger partial charge in [-0.05, 0) is 62.1 Å². The number of aromatic nitrogens is 6. The van der Waals surface area contributed by atoms with Gasteiger partial charge in [0, 0.05) is 36.8 Å². The molecule has 29 heavy (non-hydrogen) atoms. The third kappa shape index (κ3) is 3.42. The third-order valence-electron chi connectivity index (χ3n) is 6.01. The highest BCUT2D eigenvalue weighted by Gasteiger charge is 2.35. The number of aromatic hydroxyl groups is 1. The van der Waals surface area contributed by atoms with Crippen molar-refractivity contribution in [2.24, 2.45) is 0 Å². The summed E-state index contributed by atoms with van der Waals surface area (Å²) in [5.41, 5.74) is 1.88. The van der Waals surface area contributed by atoms with Gasteiger partial charge in [0.05, 0.1) is 11.4 Å². The molecule has 0 amide bonds. The van der Waals surface area contributed by atoms with Gasteiger partial charge in [-0.3, -0.25) is 0 Å². The first kappa shape index (κ1) is 18.0. The number of nitrogens with one attached hydrogen (secondary N) is 1. The van der Waals surface area contributed by atoms with Crippen LogP contribution in [0.25, 0.3) is 16.9 Å². The molecule has 0 saturated carbocycles. The van der Waals surface area contributed by atoms with Crippen LogP contribution >= 0.6 is 0 Å². The predicted octanol–water partition coefficient (Wildman–Crippen LogP) is 1.85. The van der Waals surface area contributed by atoms with Gasteiger partial charge in [-0.2, -0.15) is 0 Å². The minimum atomic E-state index is 0.0998. The normalized spacial score (nSPS) is 23.3. The summed E-state index contributed by atoms with van der Waals surface area (Å²) in [6.45, 7) is 1.76. The van der Waals surface area contributed by atoms with Gasteiger partial charge in [0.1, 0.15) is 5.75 Å². The lowest BCUT2D eigenvalue weighted by Gasteiger charge is -2.36. The highest BCUT2D eigenvalue weighted by molar-refractivity contribution is 5.68. The second kappa shape index (κ2) is 7.07. The number of hydrogen-bond acceptors (Lipinski definition) is 8. The fourth-order valence-electron chi connectivity index (χ4n) is 4.44. The summed E-state index contributed by atoms with van der Waals surface area (Å²) in [4.78, 5) is 3.62. The van der Waals surface area contributed by atoms with Crippen molar-refractivity contribution in [2.45, 2.75) is 50.7 Å². The summed E-state index contributed by atoms with van der Waals surface area (Å²) in [6, 6.07) is 10.8. The number of piperidine rings is 1. The number of fused-ring (bicyclic) bond motifs is 2. The van der Waals surface area contributed by atoms with Gasteiger partial charge >= 0.3 is 0 Å². The molecule has 2 atom stereocenters. The molecule has 5 rings (SSSR count). The smallest absolute Gasteiger partial charge is 0.172 e. The number of benzene rings is 1. The summed E-state index contributed by atoms with van der Waals surface area (Å²) in [7, 11) is 2.10. The Labute approximate surface area is 168 Å². The van der Waals surface area contributed by atoms with Crippen LogP contribution in [0.4, 0.5) is 5.82 Å². The van der Waals surface area contributed by atoms with Crippen molar-refractivity contribution in [3.8, 4) is 22.7 Å². The van der Waals surface area contributed by atoms with Crippen molar-refractivity contribution in [1.29, 1.82) is 0 Å². The van der Waals surface area contributed by atoms with E-state index in [9.17, 15) is 5.11 Å². The average molecular weight is 392 g/mol. The van der Waals surface area contributed by atoms with E-state index in [1.54, 1.807) is 19.1 Å². The van der Waals surface area contributed by atoms with Crippen molar-refractivity contribution in [1.82, 2.24) is 35.7 Å². The largest absolute Gasteiger partial charge is 0.507 e. The average Bonchev–Trinajstić information content (AvgIpc) is 3.32. The Morgan fingerprint density at radius 3 is 2.48 bits per heavy atom. The maximum absolute atomic E-state index is 10.5. The van der Waals surface area contributed by atoms with Gasteiger partial charge < -0.3 is 15.3 Å². The Hall–Kier alpha value is -3.07. The SMILES string of the molecule is Cc1nnn(-c2ccc(-c3ccc(N(C)C4CC5CCC(C4)N5)nn3)c(O)c2)n1. The lowest BCUT2D eigenvalue weighted by molar-refractivity contribution is 0.353. The molecule has 2 fully saturated rings. The van der Waals surface area contributed by atoms with Crippen LogP contribution in [0.15, 0.2) is 30.3 Å². The molecule has 2 saturated heterocycles. The van der Waals surface area contributed by atoms with E-state index in [1.807, 2.05) is 18.2 Å². The van der Waals surface area contributed by atoms with E-state index >= 15 is 0 Å². The van der Waals surface area contributed by atoms with Gasteiger partial charge in [0.15, 0.2) is 11.6 Å². The van der Waals surface area contributed by atoms with Crippen LogP contribution in [-0.4, -0.2) is 60.7 Å². The first-order chi connectivity index (χ1) is 14.1. The summed E-state index contributed by atoms with van der Waals surface area (Å²) in [5.74, 6) is 1.53.